The molecule has 1 aromatic rings. The molecule has 2 fully saturated rings. The number of aliphatic carboxylic acids is 1. The minimum Gasteiger partial charge on any atom is -0.481 e. The standard InChI is InChI=1S/C17H23NO2/c19-16(20)12-17(8-9-17)15-6-4-14(5-7-15)13-18-10-2-1-3-11-18/h4-7H,1-3,8-13H2,(H,19,20). The number of hydrogen-bond donors (Lipinski definition) is 1. The van der Waals surface area contributed by atoms with E-state index in [1.165, 1.54) is 43.5 Å². The van der Waals surface area contributed by atoms with Crippen LogP contribution in [0.3, 0.4) is 0 Å². The fraction of sp³-hybridized carbons (Fsp3) is 0.588. The van der Waals surface area contributed by atoms with E-state index in [1.54, 1.807) is 0 Å². The molecule has 1 saturated heterocycles. The van der Waals surface area contributed by atoms with E-state index in [2.05, 4.69) is 29.2 Å². The topological polar surface area (TPSA) is 40.5 Å². The fourth-order valence-electron chi connectivity index (χ4n) is 3.35. The summed E-state index contributed by atoms with van der Waals surface area (Å²) in [6, 6.07) is 8.67. The van der Waals surface area contributed by atoms with Crippen molar-refractivity contribution in [2.45, 2.75) is 50.5 Å². The number of carboxylic acid groups (broad SMARTS) is 1. The highest BCUT2D eigenvalue weighted by atomic mass is 16.4. The van der Waals surface area contributed by atoms with Gasteiger partial charge in [-0.25, -0.2) is 0 Å². The second kappa shape index (κ2) is 5.57. The van der Waals surface area contributed by atoms with Crippen LogP contribution in [0.2, 0.25) is 0 Å². The Kier molecular flexibility index (Phi) is 3.79. The van der Waals surface area contributed by atoms with Crippen LogP contribution in [-0.2, 0) is 16.8 Å². The van der Waals surface area contributed by atoms with Crippen LogP contribution in [0, 0.1) is 0 Å². The molecule has 1 saturated carbocycles. The van der Waals surface area contributed by atoms with Gasteiger partial charge in [-0.1, -0.05) is 30.7 Å². The molecule has 1 heterocycles. The van der Waals surface area contributed by atoms with Crippen LogP contribution in [0.4, 0.5) is 0 Å². The zero-order valence-corrected chi connectivity index (χ0v) is 12.0. The maximum absolute atomic E-state index is 11.0. The van der Waals surface area contributed by atoms with Crippen molar-refractivity contribution < 1.29 is 9.90 Å². The van der Waals surface area contributed by atoms with Crippen molar-refractivity contribution in [2.24, 2.45) is 0 Å². The van der Waals surface area contributed by atoms with Crippen LogP contribution >= 0.6 is 0 Å². The second-order valence-electron chi connectivity index (χ2n) is 6.38. The van der Waals surface area contributed by atoms with Crippen LogP contribution in [0.5, 0.6) is 0 Å². The third kappa shape index (κ3) is 3.04. The van der Waals surface area contributed by atoms with E-state index in [0.717, 1.165) is 19.4 Å². The molecular weight excluding hydrogens is 250 g/mol. The van der Waals surface area contributed by atoms with Gasteiger partial charge in [-0.15, -0.1) is 0 Å². The Bertz CT molecular complexity index is 470. The fourth-order valence-corrected chi connectivity index (χ4v) is 3.35. The predicted octanol–water partition coefficient (Wildman–Crippen LogP) is 3.18. The number of benzene rings is 1. The first kappa shape index (κ1) is 13.6. The van der Waals surface area contributed by atoms with Gasteiger partial charge in [0, 0.05) is 12.0 Å². The highest BCUT2D eigenvalue weighted by molar-refractivity contribution is 5.70. The molecule has 1 aliphatic carbocycles. The number of carboxylic acids is 1. The molecule has 0 amide bonds. The molecule has 0 atom stereocenters. The molecule has 1 aliphatic heterocycles. The first-order valence-corrected chi connectivity index (χ1v) is 7.72. The Labute approximate surface area is 120 Å². The molecule has 0 aromatic heterocycles. The predicted molar refractivity (Wildman–Crippen MR) is 78.7 cm³/mol. The highest BCUT2D eigenvalue weighted by Gasteiger charge is 2.45. The lowest BCUT2D eigenvalue weighted by atomic mass is 9.91. The van der Waals surface area contributed by atoms with Gasteiger partial charge in [-0.3, -0.25) is 9.69 Å². The van der Waals surface area contributed by atoms with Gasteiger partial charge in [0.2, 0.25) is 0 Å². The van der Waals surface area contributed by atoms with Gasteiger partial charge in [0.15, 0.2) is 0 Å². The smallest absolute Gasteiger partial charge is 0.304 e. The van der Waals surface area contributed by atoms with Crippen LogP contribution in [0.15, 0.2) is 24.3 Å². The summed E-state index contributed by atoms with van der Waals surface area (Å²) in [5, 5.41) is 9.01. The van der Waals surface area contributed by atoms with E-state index >= 15 is 0 Å². The largest absolute Gasteiger partial charge is 0.481 e. The van der Waals surface area contributed by atoms with E-state index in [9.17, 15) is 4.79 Å². The molecular formula is C17H23NO2. The number of nitrogens with zero attached hydrogens (tertiary/aromatic N) is 1. The molecule has 3 heteroatoms. The van der Waals surface area contributed by atoms with E-state index < -0.39 is 5.97 Å². The van der Waals surface area contributed by atoms with Crippen molar-refractivity contribution in [3.05, 3.63) is 35.4 Å². The van der Waals surface area contributed by atoms with Crippen molar-refractivity contribution >= 4 is 5.97 Å². The molecule has 108 valence electrons. The zero-order chi connectivity index (χ0) is 14.0. The summed E-state index contributed by atoms with van der Waals surface area (Å²) in [5.74, 6) is -0.681. The Morgan fingerprint density at radius 1 is 1.10 bits per heavy atom. The average Bonchev–Trinajstić information content (AvgIpc) is 3.21. The highest BCUT2D eigenvalue weighted by Crippen LogP contribution is 2.51. The Hall–Kier alpha value is -1.35. The minimum atomic E-state index is -0.681. The van der Waals surface area contributed by atoms with Crippen molar-refractivity contribution in [1.29, 1.82) is 0 Å². The molecule has 0 unspecified atom stereocenters. The van der Waals surface area contributed by atoms with Crippen molar-refractivity contribution in [3.63, 3.8) is 0 Å². The van der Waals surface area contributed by atoms with Crippen LogP contribution in [0.25, 0.3) is 0 Å². The van der Waals surface area contributed by atoms with Gasteiger partial charge in [-0.2, -0.15) is 0 Å². The molecule has 1 aromatic carbocycles. The number of carbonyl (C=O) groups is 1. The van der Waals surface area contributed by atoms with Crippen molar-refractivity contribution in [3.8, 4) is 0 Å². The summed E-state index contributed by atoms with van der Waals surface area (Å²) in [6.07, 6.45) is 6.32. The van der Waals surface area contributed by atoms with E-state index in [1.807, 2.05) is 0 Å². The first-order valence-electron chi connectivity index (χ1n) is 7.72. The molecule has 3 rings (SSSR count). The van der Waals surface area contributed by atoms with E-state index in [4.69, 9.17) is 5.11 Å². The third-order valence-corrected chi connectivity index (χ3v) is 4.76. The third-order valence-electron chi connectivity index (χ3n) is 4.76. The first-order chi connectivity index (χ1) is 9.68. The monoisotopic (exact) mass is 273 g/mol. The van der Waals surface area contributed by atoms with Gasteiger partial charge < -0.3 is 5.11 Å². The summed E-state index contributed by atoms with van der Waals surface area (Å²) < 4.78 is 0. The van der Waals surface area contributed by atoms with Crippen molar-refractivity contribution in [1.82, 2.24) is 4.90 Å². The van der Waals surface area contributed by atoms with Gasteiger partial charge in [0.1, 0.15) is 0 Å². The van der Waals surface area contributed by atoms with Crippen LogP contribution in [-0.4, -0.2) is 29.1 Å². The number of hydrogen-bond acceptors (Lipinski definition) is 2. The minimum absolute atomic E-state index is 0.0600. The maximum Gasteiger partial charge on any atom is 0.304 e. The average molecular weight is 273 g/mol. The molecule has 0 bridgehead atoms. The van der Waals surface area contributed by atoms with Gasteiger partial charge >= 0.3 is 5.97 Å². The lowest BCUT2D eigenvalue weighted by molar-refractivity contribution is -0.137. The van der Waals surface area contributed by atoms with Crippen LogP contribution < -0.4 is 0 Å². The van der Waals surface area contributed by atoms with E-state index in [-0.39, 0.29) is 11.8 Å². The lowest BCUT2D eigenvalue weighted by Crippen LogP contribution is -2.29. The van der Waals surface area contributed by atoms with Crippen molar-refractivity contribution in [2.75, 3.05) is 13.1 Å². The number of rotatable bonds is 5. The summed E-state index contributed by atoms with van der Waals surface area (Å²) >= 11 is 0. The molecule has 1 N–H and O–H groups in total. The summed E-state index contributed by atoms with van der Waals surface area (Å²) in [6.45, 7) is 3.46. The summed E-state index contributed by atoms with van der Waals surface area (Å²) in [5.41, 5.74) is 2.50. The molecule has 0 radical (unpaired) electrons. The van der Waals surface area contributed by atoms with Gasteiger partial charge in [0.05, 0.1) is 6.42 Å². The second-order valence-corrected chi connectivity index (χ2v) is 6.38. The Morgan fingerprint density at radius 3 is 2.30 bits per heavy atom. The normalized spacial score (nSPS) is 21.6. The molecule has 0 spiro atoms. The van der Waals surface area contributed by atoms with Gasteiger partial charge in [0.25, 0.3) is 0 Å². The number of likely N-dealkylation sites (tertiary alicyclic amines) is 1. The maximum atomic E-state index is 11.0. The number of piperidine rings is 1. The SMILES string of the molecule is O=C(O)CC1(c2ccc(CN3CCCCC3)cc2)CC1. The van der Waals surface area contributed by atoms with E-state index in [0.29, 0.717) is 0 Å². The quantitative estimate of drug-likeness (QED) is 0.895. The van der Waals surface area contributed by atoms with Crippen LogP contribution in [0.1, 0.15) is 49.7 Å². The Morgan fingerprint density at radius 2 is 1.75 bits per heavy atom. The summed E-state index contributed by atoms with van der Waals surface area (Å²) in [7, 11) is 0. The summed E-state index contributed by atoms with van der Waals surface area (Å²) in [4.78, 5) is 13.5. The Balaban J connectivity index is 1.64. The lowest BCUT2D eigenvalue weighted by Gasteiger charge is -2.26. The molecule has 2 aliphatic rings. The molecule has 20 heavy (non-hydrogen) atoms. The van der Waals surface area contributed by atoms with Gasteiger partial charge in [-0.05, 0) is 49.9 Å². The zero-order valence-electron chi connectivity index (χ0n) is 12.0. The molecule has 3 nitrogen and oxygen atoms in total.